The molecule has 4 aromatic rings. The number of carbonyl (C=O) groups excluding carboxylic acids is 2. The lowest BCUT2D eigenvalue weighted by Gasteiger charge is -2.12. The quantitative estimate of drug-likeness (QED) is 0.181. The highest BCUT2D eigenvalue weighted by Crippen LogP contribution is 2.31. The van der Waals surface area contributed by atoms with Gasteiger partial charge in [-0.05, 0) is 31.0 Å². The highest BCUT2D eigenvalue weighted by atomic mass is 32.1. The number of pyridine rings is 2. The number of halogens is 6. The molecule has 4 rings (SSSR count). The number of carbonyl (C=O) groups is 2. The summed E-state index contributed by atoms with van der Waals surface area (Å²) in [6.45, 7) is -0.585. The zero-order chi connectivity index (χ0) is 30.3. The molecule has 42 heavy (non-hydrogen) atoms. The molecule has 10 nitrogen and oxygen atoms in total. The van der Waals surface area contributed by atoms with Crippen molar-refractivity contribution in [3.63, 3.8) is 0 Å². The van der Waals surface area contributed by atoms with Crippen molar-refractivity contribution in [2.75, 3.05) is 0 Å². The highest BCUT2D eigenvalue weighted by Gasteiger charge is 2.33. The van der Waals surface area contributed by atoms with Crippen LogP contribution in [0.1, 0.15) is 64.8 Å². The van der Waals surface area contributed by atoms with Crippen LogP contribution in [0.4, 0.5) is 26.3 Å². The van der Waals surface area contributed by atoms with E-state index in [0.717, 1.165) is 59.5 Å². The van der Waals surface area contributed by atoms with Gasteiger partial charge in [0.25, 0.3) is 11.8 Å². The van der Waals surface area contributed by atoms with E-state index in [2.05, 4.69) is 41.0 Å². The molecule has 0 unspecified atom stereocenters. The van der Waals surface area contributed by atoms with Crippen LogP contribution >= 0.6 is 22.7 Å². The van der Waals surface area contributed by atoms with Gasteiger partial charge in [0.1, 0.15) is 10.0 Å². The lowest BCUT2D eigenvalue weighted by atomic mass is 10.1. The number of amides is 2. The minimum absolute atomic E-state index is 0.0163. The van der Waals surface area contributed by atoms with Crippen LogP contribution in [0.5, 0.6) is 0 Å². The summed E-state index contributed by atoms with van der Waals surface area (Å²) in [6, 6.07) is 2.53. The van der Waals surface area contributed by atoms with Crippen LogP contribution in [0.2, 0.25) is 0 Å². The number of nitrogens with one attached hydrogen (secondary N) is 2. The second-order valence-electron chi connectivity index (χ2n) is 8.64. The Kier molecular flexibility index (Phi) is 9.77. The Hall–Kier alpha value is -4.06. The first-order valence-electron chi connectivity index (χ1n) is 12.1. The fraction of sp³-hybridized carbons (Fsp3) is 0.333. The van der Waals surface area contributed by atoms with E-state index in [9.17, 15) is 35.9 Å². The van der Waals surface area contributed by atoms with Crippen molar-refractivity contribution in [2.24, 2.45) is 0 Å². The van der Waals surface area contributed by atoms with E-state index in [-0.39, 0.29) is 34.4 Å². The highest BCUT2D eigenvalue weighted by molar-refractivity contribution is 7.13. The zero-order valence-corrected chi connectivity index (χ0v) is 22.9. The summed E-state index contributed by atoms with van der Waals surface area (Å²) in [7, 11) is 0. The normalized spacial score (nSPS) is 11.9. The number of rotatable bonds is 11. The summed E-state index contributed by atoms with van der Waals surface area (Å²) in [5.74, 6) is -1.24. The van der Waals surface area contributed by atoms with Crippen LogP contribution in [-0.2, 0) is 38.3 Å². The molecule has 0 radical (unpaired) electrons. The average molecular weight is 631 g/mol. The van der Waals surface area contributed by atoms with E-state index in [1.54, 1.807) is 0 Å². The Balaban J connectivity index is 1.19. The van der Waals surface area contributed by atoms with Crippen molar-refractivity contribution in [1.82, 2.24) is 41.0 Å². The first-order chi connectivity index (χ1) is 19.9. The van der Waals surface area contributed by atoms with E-state index in [0.29, 0.717) is 35.7 Å². The first kappa shape index (κ1) is 30.9. The molecular weight excluding hydrogens is 610 g/mol. The van der Waals surface area contributed by atoms with Gasteiger partial charge in [-0.15, -0.1) is 20.4 Å². The van der Waals surface area contributed by atoms with Crippen molar-refractivity contribution >= 4 is 34.5 Å². The van der Waals surface area contributed by atoms with Crippen molar-refractivity contribution in [2.45, 2.75) is 51.1 Å². The van der Waals surface area contributed by atoms with Crippen LogP contribution in [0.25, 0.3) is 0 Å². The Bertz CT molecular complexity index is 1540. The van der Waals surface area contributed by atoms with Crippen LogP contribution in [0.3, 0.4) is 0 Å². The minimum atomic E-state index is -4.57. The predicted molar refractivity (Wildman–Crippen MR) is 137 cm³/mol. The van der Waals surface area contributed by atoms with Gasteiger partial charge < -0.3 is 10.6 Å². The molecule has 222 valence electrons. The van der Waals surface area contributed by atoms with Crippen LogP contribution in [-0.4, -0.2) is 42.2 Å². The molecule has 2 N–H and O–H groups in total. The maximum absolute atomic E-state index is 13.1. The standard InChI is InChI=1S/C24H20F6N8O2S2/c25-23(26,27)14-5-8-32-15(9-14)12-34-20(40)22-38-36-18(42-22)4-2-1-3-17-35-37-21(41-17)19(39)33-11-13-10-31-7-6-16(13)24(28,29)30/h5-10H,1-4,11-12H2,(H,33,39)(H,34,40). The molecule has 4 aromatic heterocycles. The van der Waals surface area contributed by atoms with Gasteiger partial charge in [0.2, 0.25) is 10.0 Å². The summed E-state index contributed by atoms with van der Waals surface area (Å²) in [5, 5.41) is 21.7. The molecule has 0 aromatic carbocycles. The van der Waals surface area contributed by atoms with Gasteiger partial charge in [0.15, 0.2) is 0 Å². The zero-order valence-electron chi connectivity index (χ0n) is 21.3. The number of aromatic nitrogens is 6. The van der Waals surface area contributed by atoms with Gasteiger partial charge in [-0.2, -0.15) is 26.3 Å². The lowest BCUT2D eigenvalue weighted by Crippen LogP contribution is -2.24. The molecule has 0 saturated carbocycles. The number of hydrogen-bond acceptors (Lipinski definition) is 10. The Labute approximate surface area is 241 Å². The number of nitrogens with zero attached hydrogens (tertiary/aromatic N) is 6. The predicted octanol–water partition coefficient (Wildman–Crippen LogP) is 4.64. The van der Waals surface area contributed by atoms with E-state index >= 15 is 0 Å². The largest absolute Gasteiger partial charge is 0.416 e. The minimum Gasteiger partial charge on any atom is -0.346 e. The molecule has 0 atom stereocenters. The van der Waals surface area contributed by atoms with Crippen molar-refractivity contribution in [3.05, 3.63) is 79.2 Å². The Morgan fingerprint density at radius 3 is 1.93 bits per heavy atom. The van der Waals surface area contributed by atoms with Crippen molar-refractivity contribution in [1.29, 1.82) is 0 Å². The third kappa shape index (κ3) is 8.48. The topological polar surface area (TPSA) is 136 Å². The van der Waals surface area contributed by atoms with Gasteiger partial charge >= 0.3 is 12.4 Å². The smallest absolute Gasteiger partial charge is 0.346 e. The maximum Gasteiger partial charge on any atom is 0.416 e. The number of hydrogen-bond donors (Lipinski definition) is 2. The summed E-state index contributed by atoms with van der Waals surface area (Å²) in [5.41, 5.74) is -1.87. The molecule has 0 bridgehead atoms. The molecule has 4 heterocycles. The lowest BCUT2D eigenvalue weighted by molar-refractivity contribution is -0.138. The van der Waals surface area contributed by atoms with Crippen LogP contribution in [0, 0.1) is 0 Å². The third-order valence-corrected chi connectivity index (χ3v) is 7.54. The van der Waals surface area contributed by atoms with E-state index in [1.165, 1.54) is 0 Å². The molecular formula is C24H20F6N8O2S2. The van der Waals surface area contributed by atoms with Crippen LogP contribution < -0.4 is 10.6 Å². The Morgan fingerprint density at radius 2 is 1.36 bits per heavy atom. The maximum atomic E-state index is 13.1. The van der Waals surface area contributed by atoms with Crippen molar-refractivity contribution in [3.8, 4) is 0 Å². The van der Waals surface area contributed by atoms with Gasteiger partial charge in [-0.3, -0.25) is 19.6 Å². The summed E-state index contributed by atoms with van der Waals surface area (Å²) in [4.78, 5) is 32.2. The summed E-state index contributed by atoms with van der Waals surface area (Å²) in [6.07, 6.45) is -3.73. The molecule has 0 aliphatic heterocycles. The summed E-state index contributed by atoms with van der Waals surface area (Å²) < 4.78 is 77.8. The first-order valence-corrected chi connectivity index (χ1v) is 13.8. The molecule has 0 spiro atoms. The second kappa shape index (κ2) is 13.3. The fourth-order valence-corrected chi connectivity index (χ4v) is 5.13. The average Bonchev–Trinajstić information content (AvgIpc) is 3.62. The SMILES string of the molecule is O=C(NCc1cc(C(F)(F)F)ccn1)c1nnc(CCCCc2nnc(C(=O)NCc3cnccc3C(F)(F)F)s2)s1. The number of unbranched alkanes of at least 4 members (excludes halogenated alkanes) is 1. The van der Waals surface area contributed by atoms with Gasteiger partial charge in [-0.25, -0.2) is 0 Å². The van der Waals surface area contributed by atoms with Crippen molar-refractivity contribution < 1.29 is 35.9 Å². The monoisotopic (exact) mass is 630 g/mol. The molecule has 0 aliphatic carbocycles. The number of alkyl halides is 6. The van der Waals surface area contributed by atoms with Crippen LogP contribution in [0.15, 0.2) is 36.8 Å². The molecule has 0 fully saturated rings. The van der Waals surface area contributed by atoms with Gasteiger partial charge in [0, 0.05) is 43.5 Å². The van der Waals surface area contributed by atoms with E-state index < -0.39 is 35.3 Å². The van der Waals surface area contributed by atoms with E-state index in [4.69, 9.17) is 0 Å². The Morgan fingerprint density at radius 1 is 0.762 bits per heavy atom. The fourth-order valence-electron chi connectivity index (χ4n) is 3.54. The van der Waals surface area contributed by atoms with E-state index in [1.807, 2.05) is 0 Å². The summed E-state index contributed by atoms with van der Waals surface area (Å²) >= 11 is 2.08. The molecule has 18 heteroatoms. The van der Waals surface area contributed by atoms with Gasteiger partial charge in [0.05, 0.1) is 23.4 Å². The third-order valence-electron chi connectivity index (χ3n) is 5.58. The second-order valence-corrected chi connectivity index (χ2v) is 10.8. The molecule has 0 aliphatic rings. The van der Waals surface area contributed by atoms with Gasteiger partial charge in [-0.1, -0.05) is 22.7 Å². The number of aryl methyl sites for hydroxylation is 2. The molecule has 0 saturated heterocycles. The molecule has 2 amide bonds.